The first-order chi connectivity index (χ1) is 23.6. The fraction of sp³-hybridized carbons (Fsp3) is 0.211. The molecule has 252 valence electrons. The highest BCUT2D eigenvalue weighted by Gasteiger charge is 2.15. The number of pyridine rings is 2. The van der Waals surface area contributed by atoms with Crippen molar-refractivity contribution in [3.8, 4) is 23.0 Å². The first-order valence-corrected chi connectivity index (χ1v) is 16.0. The molecule has 10 nitrogen and oxygen atoms in total. The standard InChI is InChI=1S/C38H39ClN4O6/c1-40(2)30-15-19-42(20-16-30)23-25-46-32-9-5-28(6-10-32)37(44)48-34-13-14-36(35(39)27-34)49-38(45)29-7-11-33(12-8-29)47-26-24-43-21-17-31(18-22-43)41(3)4/h5-22,27H,23-26H2,1-4H3/q+2. The lowest BCUT2D eigenvalue weighted by atomic mass is 10.2. The average Bonchev–Trinajstić information content (AvgIpc) is 3.10. The summed E-state index contributed by atoms with van der Waals surface area (Å²) in [6, 6.07) is 25.9. The van der Waals surface area contributed by atoms with Crippen LogP contribution in [0.1, 0.15) is 20.7 Å². The monoisotopic (exact) mass is 682 g/mol. The van der Waals surface area contributed by atoms with Crippen molar-refractivity contribution in [1.29, 1.82) is 0 Å². The topological polar surface area (TPSA) is 85.3 Å². The van der Waals surface area contributed by atoms with Gasteiger partial charge in [-0.3, -0.25) is 0 Å². The Morgan fingerprint density at radius 3 is 1.39 bits per heavy atom. The van der Waals surface area contributed by atoms with Crippen LogP contribution in [0.3, 0.4) is 0 Å². The molecule has 0 fully saturated rings. The van der Waals surface area contributed by atoms with Gasteiger partial charge in [0.05, 0.1) is 16.1 Å². The molecule has 0 amide bonds. The van der Waals surface area contributed by atoms with Crippen LogP contribution in [0.2, 0.25) is 5.02 Å². The van der Waals surface area contributed by atoms with Crippen molar-refractivity contribution in [3.05, 3.63) is 132 Å². The second-order valence-corrected chi connectivity index (χ2v) is 11.9. The van der Waals surface area contributed by atoms with Crippen molar-refractivity contribution in [1.82, 2.24) is 0 Å². The summed E-state index contributed by atoms with van der Waals surface area (Å²) in [6.07, 6.45) is 8.01. The summed E-state index contributed by atoms with van der Waals surface area (Å²) in [5.74, 6) is 0.469. The fourth-order valence-corrected chi connectivity index (χ4v) is 4.87. The Hall–Kier alpha value is -5.61. The van der Waals surface area contributed by atoms with Crippen LogP contribution in [0.4, 0.5) is 11.4 Å². The summed E-state index contributed by atoms with van der Waals surface area (Å²) in [5.41, 5.74) is 2.92. The number of halogens is 1. The number of esters is 2. The van der Waals surface area contributed by atoms with Gasteiger partial charge in [0, 0.05) is 69.9 Å². The molecule has 0 aliphatic carbocycles. The molecule has 11 heteroatoms. The molecule has 0 atom stereocenters. The summed E-state index contributed by atoms with van der Waals surface area (Å²) in [6.45, 7) is 2.29. The van der Waals surface area contributed by atoms with Gasteiger partial charge < -0.3 is 28.7 Å². The molecule has 0 radical (unpaired) electrons. The van der Waals surface area contributed by atoms with Crippen molar-refractivity contribution in [2.75, 3.05) is 51.2 Å². The van der Waals surface area contributed by atoms with Gasteiger partial charge in [0.2, 0.25) is 0 Å². The summed E-state index contributed by atoms with van der Waals surface area (Å²) >= 11 is 6.37. The molecule has 2 aromatic heterocycles. The van der Waals surface area contributed by atoms with E-state index in [2.05, 4.69) is 0 Å². The fourth-order valence-electron chi connectivity index (χ4n) is 4.66. The molecule has 0 bridgehead atoms. The largest absolute Gasteiger partial charge is 0.487 e. The van der Waals surface area contributed by atoms with E-state index in [9.17, 15) is 9.59 Å². The van der Waals surface area contributed by atoms with Crippen LogP contribution in [-0.4, -0.2) is 53.3 Å². The maximum Gasteiger partial charge on any atom is 0.343 e. The molecular weight excluding hydrogens is 644 g/mol. The van der Waals surface area contributed by atoms with E-state index in [0.717, 1.165) is 11.4 Å². The number of nitrogens with zero attached hydrogens (tertiary/aromatic N) is 4. The first kappa shape index (κ1) is 34.7. The molecule has 0 N–H and O–H groups in total. The Labute approximate surface area is 291 Å². The van der Waals surface area contributed by atoms with Crippen LogP contribution in [0.15, 0.2) is 116 Å². The van der Waals surface area contributed by atoms with Crippen molar-refractivity contribution in [2.24, 2.45) is 0 Å². The maximum atomic E-state index is 12.8. The van der Waals surface area contributed by atoms with E-state index in [1.807, 2.05) is 96.2 Å². The third-order valence-corrected chi connectivity index (χ3v) is 7.81. The molecule has 5 rings (SSSR count). The zero-order chi connectivity index (χ0) is 34.8. The van der Waals surface area contributed by atoms with Gasteiger partial charge in [0.15, 0.2) is 37.9 Å². The Morgan fingerprint density at radius 1 is 0.571 bits per heavy atom. The number of carbonyl (C=O) groups excluding carboxylic acids is 2. The summed E-state index contributed by atoms with van der Waals surface area (Å²) in [4.78, 5) is 29.6. The highest BCUT2D eigenvalue weighted by molar-refractivity contribution is 6.32. The molecule has 49 heavy (non-hydrogen) atoms. The van der Waals surface area contributed by atoms with E-state index >= 15 is 0 Å². The van der Waals surface area contributed by atoms with Gasteiger partial charge in [-0.1, -0.05) is 11.6 Å². The van der Waals surface area contributed by atoms with Crippen LogP contribution in [0, 0.1) is 0 Å². The van der Waals surface area contributed by atoms with Crippen molar-refractivity contribution >= 4 is 34.9 Å². The van der Waals surface area contributed by atoms with E-state index < -0.39 is 11.9 Å². The number of anilines is 2. The zero-order valence-corrected chi connectivity index (χ0v) is 28.7. The molecule has 3 aromatic carbocycles. The van der Waals surface area contributed by atoms with Crippen LogP contribution in [-0.2, 0) is 13.1 Å². The van der Waals surface area contributed by atoms with E-state index in [1.165, 1.54) is 18.2 Å². The molecule has 0 saturated carbocycles. The minimum Gasteiger partial charge on any atom is -0.487 e. The van der Waals surface area contributed by atoms with Crippen molar-refractivity contribution in [3.63, 3.8) is 0 Å². The van der Waals surface area contributed by atoms with Gasteiger partial charge in [0.25, 0.3) is 0 Å². The normalized spacial score (nSPS) is 10.6. The zero-order valence-electron chi connectivity index (χ0n) is 27.9. The molecule has 0 unspecified atom stereocenters. The molecule has 2 heterocycles. The van der Waals surface area contributed by atoms with Crippen LogP contribution >= 0.6 is 11.6 Å². The number of benzene rings is 3. The lowest BCUT2D eigenvalue weighted by Crippen LogP contribution is -2.35. The lowest BCUT2D eigenvalue weighted by molar-refractivity contribution is -0.697. The van der Waals surface area contributed by atoms with Gasteiger partial charge in [-0.15, -0.1) is 0 Å². The quantitative estimate of drug-likeness (QED) is 0.0845. The Morgan fingerprint density at radius 2 is 0.980 bits per heavy atom. The van der Waals surface area contributed by atoms with E-state index in [0.29, 0.717) is 48.9 Å². The Kier molecular flexibility index (Phi) is 11.7. The van der Waals surface area contributed by atoms with E-state index in [1.54, 1.807) is 48.5 Å². The predicted octanol–water partition coefficient (Wildman–Crippen LogP) is 5.64. The van der Waals surface area contributed by atoms with Crippen LogP contribution < -0.4 is 37.9 Å². The lowest BCUT2D eigenvalue weighted by Gasteiger charge is -2.11. The number of carbonyl (C=O) groups is 2. The Balaban J connectivity index is 1.06. The van der Waals surface area contributed by atoms with Gasteiger partial charge >= 0.3 is 11.9 Å². The van der Waals surface area contributed by atoms with Crippen LogP contribution in [0.5, 0.6) is 23.0 Å². The van der Waals surface area contributed by atoms with E-state index in [4.69, 9.17) is 30.5 Å². The third kappa shape index (κ3) is 9.94. The van der Waals surface area contributed by atoms with Gasteiger partial charge in [0.1, 0.15) is 36.2 Å². The molecule has 5 aromatic rings. The number of rotatable bonds is 14. The second-order valence-electron chi connectivity index (χ2n) is 11.5. The highest BCUT2D eigenvalue weighted by atomic mass is 35.5. The second kappa shape index (κ2) is 16.5. The maximum absolute atomic E-state index is 12.8. The summed E-state index contributed by atoms with van der Waals surface area (Å²) in [7, 11) is 8.00. The van der Waals surface area contributed by atoms with E-state index in [-0.39, 0.29) is 16.5 Å². The number of ether oxygens (including phenoxy) is 4. The van der Waals surface area contributed by atoms with Crippen LogP contribution in [0.25, 0.3) is 0 Å². The average molecular weight is 683 g/mol. The number of hydrogen-bond donors (Lipinski definition) is 0. The Bertz CT molecular complexity index is 1850. The van der Waals surface area contributed by atoms with Gasteiger partial charge in [-0.2, -0.15) is 0 Å². The number of hydrogen-bond acceptors (Lipinski definition) is 8. The third-order valence-electron chi connectivity index (χ3n) is 7.51. The molecule has 0 aliphatic heterocycles. The first-order valence-electron chi connectivity index (χ1n) is 15.7. The molecule has 0 aliphatic rings. The highest BCUT2D eigenvalue weighted by Crippen LogP contribution is 2.30. The van der Waals surface area contributed by atoms with Gasteiger partial charge in [-0.25, -0.2) is 18.7 Å². The molecule has 0 spiro atoms. The SMILES string of the molecule is CN(C)c1cc[n+](CCOc2ccc(C(=O)Oc3ccc(OC(=O)c4ccc(OCC[n+]5ccc(N(C)C)cc5)cc4)c(Cl)c3)cc2)cc1. The molecular formula is C38H39ClN4O6+2. The smallest absolute Gasteiger partial charge is 0.343 e. The summed E-state index contributed by atoms with van der Waals surface area (Å²) < 4.78 is 26.7. The van der Waals surface area contributed by atoms with Crippen molar-refractivity contribution < 1.29 is 37.7 Å². The van der Waals surface area contributed by atoms with Gasteiger partial charge in [-0.05, 0) is 60.7 Å². The predicted molar refractivity (Wildman–Crippen MR) is 187 cm³/mol. The van der Waals surface area contributed by atoms with Crippen molar-refractivity contribution in [2.45, 2.75) is 13.1 Å². The minimum atomic E-state index is -0.585. The molecule has 0 saturated heterocycles. The number of aromatic nitrogens is 2. The summed E-state index contributed by atoms with van der Waals surface area (Å²) in [5, 5.41) is 0.118. The minimum absolute atomic E-state index is 0.118.